The van der Waals surface area contributed by atoms with Gasteiger partial charge >= 0.3 is 0 Å². The first-order chi connectivity index (χ1) is 10.1. The molecule has 0 bridgehead atoms. The second-order valence-electron chi connectivity index (χ2n) is 6.59. The molecule has 0 amide bonds. The Morgan fingerprint density at radius 1 is 1.41 bits per heavy atom. The van der Waals surface area contributed by atoms with Gasteiger partial charge < -0.3 is 15.8 Å². The van der Waals surface area contributed by atoms with Gasteiger partial charge in [0.15, 0.2) is 5.96 Å². The van der Waals surface area contributed by atoms with E-state index in [1.165, 1.54) is 18.4 Å². The molecule has 4 nitrogen and oxygen atoms in total. The zero-order valence-electron chi connectivity index (χ0n) is 13.3. The summed E-state index contributed by atoms with van der Waals surface area (Å²) >= 11 is 0. The molecule has 1 aliphatic carbocycles. The number of para-hydroxylation sites is 1. The van der Waals surface area contributed by atoms with Gasteiger partial charge in [-0.05, 0) is 30.2 Å². The van der Waals surface area contributed by atoms with Crippen LogP contribution in [0.5, 0.6) is 5.75 Å². The summed E-state index contributed by atoms with van der Waals surface area (Å²) in [6.45, 7) is 6.12. The van der Waals surface area contributed by atoms with Gasteiger partial charge in [0.25, 0.3) is 0 Å². The zero-order chi connectivity index (χ0) is 14.9. The lowest BCUT2D eigenvalue weighted by atomic mass is 9.93. The summed E-state index contributed by atoms with van der Waals surface area (Å²) in [5, 5.41) is 3.36. The number of guanidine groups is 1. The summed E-state index contributed by atoms with van der Waals surface area (Å²) in [6, 6.07) is 8.34. The maximum atomic E-state index is 6.09. The molecule has 22 heavy (non-hydrogen) atoms. The standard InChI is InChI=1S/C17H25N3O.HI/c1-12(2)17(8-9-17)11-19-16(18)20-14-7-10-21-15-6-4-3-5-13(14)15;/h3-6,12,14H,7-11H2,1-2H3,(H3,18,19,20);1H. The van der Waals surface area contributed by atoms with Crippen molar-refractivity contribution in [2.45, 2.75) is 39.2 Å². The Bertz CT molecular complexity index is 540. The molecule has 0 aromatic heterocycles. The Labute approximate surface area is 149 Å². The SMILES string of the molecule is CC(C)C1(CN=C(N)NC2CCOc3ccccc32)CC1.I. The molecule has 2 aliphatic rings. The lowest BCUT2D eigenvalue weighted by molar-refractivity contribution is 0.262. The number of hydrogen-bond donors (Lipinski definition) is 2. The molecule has 1 unspecified atom stereocenters. The van der Waals surface area contributed by atoms with Crippen molar-refractivity contribution in [2.75, 3.05) is 13.2 Å². The van der Waals surface area contributed by atoms with Crippen LogP contribution in [-0.4, -0.2) is 19.1 Å². The predicted octanol–water partition coefficient (Wildman–Crippen LogP) is 3.47. The molecule has 1 fully saturated rings. The van der Waals surface area contributed by atoms with Crippen LogP contribution in [0.3, 0.4) is 0 Å². The number of rotatable bonds is 4. The van der Waals surface area contributed by atoms with Crippen molar-refractivity contribution in [3.05, 3.63) is 29.8 Å². The Hall–Kier alpha value is -0.980. The summed E-state index contributed by atoms with van der Waals surface area (Å²) in [5.41, 5.74) is 7.67. The number of hydrogen-bond acceptors (Lipinski definition) is 2. The topological polar surface area (TPSA) is 59.6 Å². The van der Waals surface area contributed by atoms with Crippen LogP contribution in [0.25, 0.3) is 0 Å². The number of ether oxygens (including phenoxy) is 1. The summed E-state index contributed by atoms with van der Waals surface area (Å²) in [7, 11) is 0. The van der Waals surface area contributed by atoms with Gasteiger partial charge in [0.1, 0.15) is 5.75 Å². The summed E-state index contributed by atoms with van der Waals surface area (Å²) < 4.78 is 5.67. The molecule has 0 radical (unpaired) electrons. The molecular weight excluding hydrogens is 389 g/mol. The van der Waals surface area contributed by atoms with E-state index in [4.69, 9.17) is 10.5 Å². The van der Waals surface area contributed by atoms with Gasteiger partial charge in [-0.3, -0.25) is 4.99 Å². The molecule has 3 N–H and O–H groups in total. The fraction of sp³-hybridized carbons (Fsp3) is 0.588. The Kier molecular flexibility index (Phi) is 5.58. The third-order valence-corrected chi connectivity index (χ3v) is 4.96. The van der Waals surface area contributed by atoms with Gasteiger partial charge in [0, 0.05) is 18.5 Å². The third kappa shape index (κ3) is 3.67. The predicted molar refractivity (Wildman–Crippen MR) is 101 cm³/mol. The lowest BCUT2D eigenvalue weighted by Crippen LogP contribution is -2.38. The molecule has 0 saturated heterocycles. The van der Waals surface area contributed by atoms with E-state index in [1.807, 2.05) is 18.2 Å². The quantitative estimate of drug-likeness (QED) is 0.450. The molecule has 0 spiro atoms. The van der Waals surface area contributed by atoms with Crippen LogP contribution in [0.1, 0.15) is 44.7 Å². The maximum Gasteiger partial charge on any atom is 0.189 e. The van der Waals surface area contributed by atoms with Crippen molar-refractivity contribution in [1.82, 2.24) is 5.32 Å². The van der Waals surface area contributed by atoms with Crippen LogP contribution in [0.15, 0.2) is 29.3 Å². The second kappa shape index (κ2) is 7.06. The largest absolute Gasteiger partial charge is 0.493 e. The molecule has 5 heteroatoms. The highest BCUT2D eigenvalue weighted by molar-refractivity contribution is 14.0. The van der Waals surface area contributed by atoms with Gasteiger partial charge in [-0.15, -0.1) is 24.0 Å². The number of nitrogens with zero attached hydrogens (tertiary/aromatic N) is 1. The van der Waals surface area contributed by atoms with Crippen LogP contribution >= 0.6 is 24.0 Å². The Balaban J connectivity index is 0.00000176. The smallest absolute Gasteiger partial charge is 0.189 e. The monoisotopic (exact) mass is 415 g/mol. The van der Waals surface area contributed by atoms with Crippen LogP contribution in [0, 0.1) is 11.3 Å². The number of fused-ring (bicyclic) bond motifs is 1. The van der Waals surface area contributed by atoms with E-state index in [2.05, 4.69) is 30.2 Å². The maximum absolute atomic E-state index is 6.09. The average molecular weight is 415 g/mol. The average Bonchev–Trinajstić information content (AvgIpc) is 3.27. The summed E-state index contributed by atoms with van der Waals surface area (Å²) in [5.74, 6) is 2.19. The molecule has 1 aromatic rings. The van der Waals surface area contributed by atoms with E-state index in [1.54, 1.807) is 0 Å². The number of halogens is 1. The molecule has 1 aliphatic heterocycles. The Morgan fingerprint density at radius 3 is 2.82 bits per heavy atom. The molecule has 3 rings (SSSR count). The van der Waals surface area contributed by atoms with Crippen LogP contribution in [0.4, 0.5) is 0 Å². The number of aliphatic imine (C=N–C) groups is 1. The normalized spacial score (nSPS) is 22.3. The molecule has 1 atom stereocenters. The van der Waals surface area contributed by atoms with E-state index in [-0.39, 0.29) is 30.0 Å². The lowest BCUT2D eigenvalue weighted by Gasteiger charge is -2.27. The van der Waals surface area contributed by atoms with Gasteiger partial charge in [0.2, 0.25) is 0 Å². The highest BCUT2D eigenvalue weighted by Crippen LogP contribution is 2.51. The highest BCUT2D eigenvalue weighted by atomic mass is 127. The van der Waals surface area contributed by atoms with Crippen molar-refractivity contribution in [3.8, 4) is 5.75 Å². The molecule has 122 valence electrons. The minimum Gasteiger partial charge on any atom is -0.493 e. The first-order valence-corrected chi connectivity index (χ1v) is 7.89. The third-order valence-electron chi connectivity index (χ3n) is 4.96. The van der Waals surface area contributed by atoms with Crippen molar-refractivity contribution in [2.24, 2.45) is 22.1 Å². The molecule has 1 heterocycles. The van der Waals surface area contributed by atoms with Crippen molar-refractivity contribution in [1.29, 1.82) is 0 Å². The second-order valence-corrected chi connectivity index (χ2v) is 6.59. The molecule has 1 saturated carbocycles. The zero-order valence-corrected chi connectivity index (χ0v) is 15.7. The minimum absolute atomic E-state index is 0. The molecule has 1 aromatic carbocycles. The van der Waals surface area contributed by atoms with Crippen molar-refractivity contribution in [3.63, 3.8) is 0 Å². The number of nitrogens with two attached hydrogens (primary N) is 1. The Morgan fingerprint density at radius 2 is 2.14 bits per heavy atom. The van der Waals surface area contributed by atoms with E-state index >= 15 is 0 Å². The first kappa shape index (κ1) is 17.4. The van der Waals surface area contributed by atoms with Gasteiger partial charge in [-0.2, -0.15) is 0 Å². The van der Waals surface area contributed by atoms with Gasteiger partial charge in [0.05, 0.1) is 12.6 Å². The van der Waals surface area contributed by atoms with Crippen LogP contribution in [0.2, 0.25) is 0 Å². The summed E-state index contributed by atoms with van der Waals surface area (Å²) in [4.78, 5) is 4.59. The van der Waals surface area contributed by atoms with E-state index in [0.717, 1.165) is 25.3 Å². The number of benzene rings is 1. The van der Waals surface area contributed by atoms with Crippen molar-refractivity contribution >= 4 is 29.9 Å². The minimum atomic E-state index is 0. The highest BCUT2D eigenvalue weighted by Gasteiger charge is 2.45. The van der Waals surface area contributed by atoms with Crippen molar-refractivity contribution < 1.29 is 4.74 Å². The number of nitrogens with one attached hydrogen (secondary N) is 1. The fourth-order valence-electron chi connectivity index (χ4n) is 3.04. The van der Waals surface area contributed by atoms with Gasteiger partial charge in [-0.25, -0.2) is 0 Å². The van der Waals surface area contributed by atoms with Gasteiger partial charge in [-0.1, -0.05) is 32.0 Å². The first-order valence-electron chi connectivity index (χ1n) is 7.89. The fourth-order valence-corrected chi connectivity index (χ4v) is 3.04. The summed E-state index contributed by atoms with van der Waals surface area (Å²) in [6.07, 6.45) is 3.48. The van der Waals surface area contributed by atoms with Crippen LogP contribution in [-0.2, 0) is 0 Å². The van der Waals surface area contributed by atoms with E-state index in [0.29, 0.717) is 17.3 Å². The van der Waals surface area contributed by atoms with E-state index < -0.39 is 0 Å². The van der Waals surface area contributed by atoms with E-state index in [9.17, 15) is 0 Å². The molecular formula is C17H26IN3O. The van der Waals surface area contributed by atoms with Crippen LogP contribution < -0.4 is 15.8 Å².